The Morgan fingerprint density at radius 2 is 2.12 bits per heavy atom. The van der Waals surface area contributed by atoms with Crippen LogP contribution < -0.4 is 5.32 Å². The fourth-order valence-electron chi connectivity index (χ4n) is 2.86. The molecule has 0 spiro atoms. The number of carboxylic acid groups (broad SMARTS) is 1. The Morgan fingerprint density at radius 3 is 2.67 bits per heavy atom. The van der Waals surface area contributed by atoms with Gasteiger partial charge in [0.15, 0.2) is 0 Å². The van der Waals surface area contributed by atoms with Crippen LogP contribution in [0.5, 0.6) is 0 Å². The SMILES string of the molecule is COC(=O)N(C)C1C(=O)N2C(C(=O)O)=C(SCCNC(C)=O)C[C@H]12. The third-order valence-electron chi connectivity index (χ3n) is 3.92. The number of amides is 3. The number of rotatable bonds is 6. The summed E-state index contributed by atoms with van der Waals surface area (Å²) in [6.45, 7) is 1.81. The van der Waals surface area contributed by atoms with Gasteiger partial charge in [-0.25, -0.2) is 9.59 Å². The summed E-state index contributed by atoms with van der Waals surface area (Å²) in [6.07, 6.45) is -0.277. The number of hydrogen-bond donors (Lipinski definition) is 2. The van der Waals surface area contributed by atoms with E-state index in [0.717, 1.165) is 0 Å². The number of fused-ring (bicyclic) bond motifs is 1. The minimum absolute atomic E-state index is 0.0349. The summed E-state index contributed by atoms with van der Waals surface area (Å²) in [5.74, 6) is -1.26. The first-order valence-corrected chi connectivity index (χ1v) is 8.25. The van der Waals surface area contributed by atoms with Crippen LogP contribution in [0, 0.1) is 0 Å². The summed E-state index contributed by atoms with van der Waals surface area (Å²) < 4.78 is 4.61. The Morgan fingerprint density at radius 1 is 1.46 bits per heavy atom. The van der Waals surface area contributed by atoms with Crippen molar-refractivity contribution in [1.29, 1.82) is 0 Å². The number of ether oxygens (including phenoxy) is 1. The molecule has 2 atom stereocenters. The van der Waals surface area contributed by atoms with Crippen molar-refractivity contribution in [3.63, 3.8) is 0 Å². The van der Waals surface area contributed by atoms with Crippen molar-refractivity contribution in [2.24, 2.45) is 0 Å². The van der Waals surface area contributed by atoms with E-state index in [1.54, 1.807) is 0 Å². The molecule has 1 fully saturated rings. The highest BCUT2D eigenvalue weighted by molar-refractivity contribution is 8.03. The van der Waals surface area contributed by atoms with Crippen molar-refractivity contribution < 1.29 is 29.0 Å². The zero-order valence-corrected chi connectivity index (χ0v) is 14.4. The van der Waals surface area contributed by atoms with Gasteiger partial charge in [-0.05, 0) is 0 Å². The third-order valence-corrected chi connectivity index (χ3v) is 5.04. The predicted octanol–water partition coefficient (Wildman–Crippen LogP) is -0.167. The number of thioether (sulfide) groups is 1. The highest BCUT2D eigenvalue weighted by Gasteiger charge is 2.57. The molecule has 9 nitrogen and oxygen atoms in total. The number of likely N-dealkylation sites (N-methyl/N-ethyl adjacent to an activating group) is 1. The molecule has 3 amide bonds. The van der Waals surface area contributed by atoms with Gasteiger partial charge in [-0.15, -0.1) is 11.8 Å². The second-order valence-corrected chi connectivity index (χ2v) is 6.60. The number of methoxy groups -OCH3 is 1. The molecule has 1 saturated heterocycles. The average molecular weight is 357 g/mol. The van der Waals surface area contributed by atoms with Gasteiger partial charge in [-0.1, -0.05) is 0 Å². The van der Waals surface area contributed by atoms with Crippen LogP contribution in [0.4, 0.5) is 4.79 Å². The van der Waals surface area contributed by atoms with Crippen LogP contribution in [0.25, 0.3) is 0 Å². The highest BCUT2D eigenvalue weighted by Crippen LogP contribution is 2.44. The lowest BCUT2D eigenvalue weighted by molar-refractivity contribution is -0.155. The molecule has 2 heterocycles. The van der Waals surface area contributed by atoms with E-state index in [4.69, 9.17) is 0 Å². The molecule has 10 heteroatoms. The van der Waals surface area contributed by atoms with Crippen LogP contribution in [0.2, 0.25) is 0 Å². The summed E-state index contributed by atoms with van der Waals surface area (Å²) in [5, 5.41) is 12.0. The van der Waals surface area contributed by atoms with Crippen molar-refractivity contribution in [2.45, 2.75) is 25.4 Å². The largest absolute Gasteiger partial charge is 0.477 e. The molecule has 2 rings (SSSR count). The average Bonchev–Trinajstić information content (AvgIpc) is 2.85. The highest BCUT2D eigenvalue weighted by atomic mass is 32.2. The standard InChI is InChI=1S/C14H19N3O6S/c1-7(18)15-4-5-24-9-6-8-10(16(2)14(22)23-3)12(19)17(8)11(9)13(20)21/h8,10H,4-6H2,1-3H3,(H,15,18)(H,20,21)/t8-,10?/m1/s1. The zero-order chi connectivity index (χ0) is 18.0. The summed E-state index contributed by atoms with van der Waals surface area (Å²) in [7, 11) is 2.67. The van der Waals surface area contributed by atoms with Crippen LogP contribution in [0.3, 0.4) is 0 Å². The maximum Gasteiger partial charge on any atom is 0.409 e. The number of nitrogens with zero attached hydrogens (tertiary/aromatic N) is 2. The minimum Gasteiger partial charge on any atom is -0.477 e. The first kappa shape index (κ1) is 18.1. The topological polar surface area (TPSA) is 116 Å². The second kappa shape index (κ2) is 7.12. The van der Waals surface area contributed by atoms with Crippen LogP contribution in [-0.4, -0.2) is 77.3 Å². The maximum absolute atomic E-state index is 12.3. The number of hydrogen-bond acceptors (Lipinski definition) is 6. The molecule has 0 aromatic heterocycles. The number of carboxylic acids is 1. The molecule has 2 aliphatic rings. The lowest BCUT2D eigenvalue weighted by Crippen LogP contribution is -2.68. The molecule has 2 N–H and O–H groups in total. The number of β-lactam (4-membered cyclic amide) rings is 1. The van der Waals surface area contributed by atoms with E-state index in [0.29, 0.717) is 23.6 Å². The molecule has 0 aliphatic carbocycles. The molecule has 0 radical (unpaired) electrons. The van der Waals surface area contributed by atoms with E-state index in [-0.39, 0.29) is 11.6 Å². The summed E-state index contributed by atoms with van der Waals surface area (Å²) in [5.41, 5.74) is -0.0349. The third kappa shape index (κ3) is 3.18. The molecular formula is C14H19N3O6S. The molecule has 1 unspecified atom stereocenters. The van der Waals surface area contributed by atoms with Gasteiger partial charge in [0.25, 0.3) is 5.91 Å². The quantitative estimate of drug-likeness (QED) is 0.501. The van der Waals surface area contributed by atoms with Crippen LogP contribution in [-0.2, 0) is 19.1 Å². The molecule has 132 valence electrons. The summed E-state index contributed by atoms with van der Waals surface area (Å²) in [6, 6.07) is -1.11. The van der Waals surface area contributed by atoms with Crippen molar-refractivity contribution in [2.75, 3.05) is 26.5 Å². The first-order chi connectivity index (χ1) is 11.3. The van der Waals surface area contributed by atoms with Crippen LogP contribution >= 0.6 is 11.8 Å². The van der Waals surface area contributed by atoms with Gasteiger partial charge in [-0.2, -0.15) is 0 Å². The van der Waals surface area contributed by atoms with Gasteiger partial charge >= 0.3 is 12.1 Å². The van der Waals surface area contributed by atoms with Crippen LogP contribution in [0.15, 0.2) is 10.6 Å². The Kier molecular flexibility index (Phi) is 5.37. The molecule has 2 aliphatic heterocycles. The fourth-order valence-corrected chi connectivity index (χ4v) is 3.92. The van der Waals surface area contributed by atoms with Crippen molar-refractivity contribution in [1.82, 2.24) is 15.1 Å². The lowest BCUT2D eigenvalue weighted by Gasteiger charge is -2.46. The second-order valence-electron chi connectivity index (χ2n) is 5.41. The fraction of sp³-hybridized carbons (Fsp3) is 0.571. The number of aliphatic carboxylic acids is 1. The summed E-state index contributed by atoms with van der Waals surface area (Å²) >= 11 is 1.30. The van der Waals surface area contributed by atoms with E-state index < -0.39 is 30.1 Å². The Labute approximate surface area is 143 Å². The van der Waals surface area contributed by atoms with Gasteiger partial charge in [-0.3, -0.25) is 19.4 Å². The molecule has 0 aromatic carbocycles. The van der Waals surface area contributed by atoms with E-state index in [1.807, 2.05) is 0 Å². The Hall–Kier alpha value is -2.23. The van der Waals surface area contributed by atoms with Gasteiger partial charge in [0.05, 0.1) is 13.2 Å². The Balaban J connectivity index is 2.08. The maximum atomic E-state index is 12.3. The molecule has 0 aromatic rings. The lowest BCUT2D eigenvalue weighted by atomic mass is 9.94. The molecule has 24 heavy (non-hydrogen) atoms. The smallest absolute Gasteiger partial charge is 0.409 e. The van der Waals surface area contributed by atoms with Gasteiger partial charge in [0.2, 0.25) is 5.91 Å². The number of carbonyl (C=O) groups excluding carboxylic acids is 3. The Bertz CT molecular complexity index is 620. The molecule has 0 bridgehead atoms. The van der Waals surface area contributed by atoms with E-state index in [1.165, 1.54) is 42.6 Å². The minimum atomic E-state index is -1.17. The van der Waals surface area contributed by atoms with E-state index in [2.05, 4.69) is 10.1 Å². The number of nitrogens with one attached hydrogen (secondary N) is 1. The van der Waals surface area contributed by atoms with E-state index >= 15 is 0 Å². The normalized spacial score (nSPS) is 22.0. The molecule has 0 saturated carbocycles. The van der Waals surface area contributed by atoms with Crippen molar-refractivity contribution in [3.8, 4) is 0 Å². The summed E-state index contributed by atoms with van der Waals surface area (Å²) in [4.78, 5) is 49.3. The van der Waals surface area contributed by atoms with Gasteiger partial charge in [0.1, 0.15) is 11.7 Å². The van der Waals surface area contributed by atoms with Crippen molar-refractivity contribution >= 4 is 35.6 Å². The monoisotopic (exact) mass is 357 g/mol. The molecular weight excluding hydrogens is 338 g/mol. The predicted molar refractivity (Wildman–Crippen MR) is 85.0 cm³/mol. The van der Waals surface area contributed by atoms with Crippen LogP contribution in [0.1, 0.15) is 13.3 Å². The van der Waals surface area contributed by atoms with Gasteiger partial charge in [0, 0.05) is 37.6 Å². The van der Waals surface area contributed by atoms with Gasteiger partial charge < -0.3 is 15.2 Å². The zero-order valence-electron chi connectivity index (χ0n) is 13.6. The van der Waals surface area contributed by atoms with Crippen molar-refractivity contribution in [3.05, 3.63) is 10.6 Å². The van der Waals surface area contributed by atoms with E-state index in [9.17, 15) is 24.3 Å². The number of carbonyl (C=O) groups is 4. The first-order valence-electron chi connectivity index (χ1n) is 7.27.